The number of fused-ring (bicyclic) bond motifs is 1. The quantitative estimate of drug-likeness (QED) is 0.714. The molecule has 1 aliphatic heterocycles. The average molecular weight is 377 g/mol. The van der Waals surface area contributed by atoms with Crippen molar-refractivity contribution >= 4 is 16.9 Å². The summed E-state index contributed by atoms with van der Waals surface area (Å²) < 4.78 is 0. The van der Waals surface area contributed by atoms with E-state index in [0.29, 0.717) is 11.3 Å². The monoisotopic (exact) mass is 377 g/mol. The van der Waals surface area contributed by atoms with Crippen molar-refractivity contribution in [1.29, 1.82) is 0 Å². The highest BCUT2D eigenvalue weighted by molar-refractivity contribution is 5.78. The van der Waals surface area contributed by atoms with Crippen molar-refractivity contribution in [3.05, 3.63) is 70.5 Å². The average Bonchev–Trinajstić information content (AvgIpc) is 2.73. The third-order valence-corrected chi connectivity index (χ3v) is 5.37. The number of rotatable bonds is 6. The minimum Gasteiger partial charge on any atom is -0.340 e. The Bertz CT molecular complexity index is 963. The van der Waals surface area contributed by atoms with Crippen LogP contribution >= 0.6 is 0 Å². The summed E-state index contributed by atoms with van der Waals surface area (Å²) in [4.78, 5) is 26.9. The molecule has 28 heavy (non-hydrogen) atoms. The molecule has 1 saturated heterocycles. The van der Waals surface area contributed by atoms with Crippen molar-refractivity contribution in [3.8, 4) is 0 Å². The number of H-pyrrole nitrogens is 1. The molecule has 0 atom stereocenters. The fraction of sp³-hybridized carbons (Fsp3) is 0.364. The van der Waals surface area contributed by atoms with E-state index in [1.54, 1.807) is 0 Å². The fourth-order valence-electron chi connectivity index (χ4n) is 3.69. The van der Waals surface area contributed by atoms with Crippen LogP contribution in [0, 0.1) is 0 Å². The molecule has 1 aliphatic rings. The molecule has 6 nitrogen and oxygen atoms in total. The number of nitrogens with one attached hydrogen (secondary N) is 1. The van der Waals surface area contributed by atoms with Crippen LogP contribution in [0.25, 0.3) is 10.9 Å². The van der Waals surface area contributed by atoms with Gasteiger partial charge in [0.25, 0.3) is 5.56 Å². The summed E-state index contributed by atoms with van der Waals surface area (Å²) in [6, 6.07) is 18.1. The highest BCUT2D eigenvalue weighted by Crippen LogP contribution is 2.14. The molecule has 6 heteroatoms. The Morgan fingerprint density at radius 1 is 1.00 bits per heavy atom. The second-order valence-electron chi connectivity index (χ2n) is 7.46. The molecule has 1 aromatic heterocycles. The van der Waals surface area contributed by atoms with Gasteiger partial charge in [0.1, 0.15) is 0 Å². The van der Waals surface area contributed by atoms with Crippen LogP contribution in [0.2, 0.25) is 0 Å². The number of hydrogen-bond donors (Lipinski definition) is 1. The number of para-hydroxylation sites is 1. The summed E-state index contributed by atoms with van der Waals surface area (Å²) in [5.74, 6) is 0.685. The van der Waals surface area contributed by atoms with Gasteiger partial charge in [-0.15, -0.1) is 0 Å². The van der Waals surface area contributed by atoms with E-state index in [1.807, 2.05) is 24.3 Å². The Hall–Kier alpha value is -2.70. The predicted molar refractivity (Wildman–Crippen MR) is 114 cm³/mol. The molecule has 0 aliphatic carbocycles. The molecule has 0 spiro atoms. The van der Waals surface area contributed by atoms with Gasteiger partial charge in [0.05, 0.1) is 10.9 Å². The topological polar surface area (TPSA) is 55.5 Å². The first-order valence-electron chi connectivity index (χ1n) is 9.88. The van der Waals surface area contributed by atoms with E-state index < -0.39 is 0 Å². The Balaban J connectivity index is 1.29. The Labute approximate surface area is 165 Å². The van der Waals surface area contributed by atoms with Gasteiger partial charge in [-0.1, -0.05) is 42.5 Å². The first kappa shape index (κ1) is 18.7. The van der Waals surface area contributed by atoms with Crippen LogP contribution in [0.5, 0.6) is 0 Å². The zero-order valence-corrected chi connectivity index (χ0v) is 16.3. The lowest BCUT2D eigenvalue weighted by Crippen LogP contribution is -2.49. The van der Waals surface area contributed by atoms with Gasteiger partial charge in [0, 0.05) is 45.8 Å². The van der Waals surface area contributed by atoms with Gasteiger partial charge in [0.15, 0.2) is 0 Å². The molecule has 4 rings (SSSR count). The first-order valence-corrected chi connectivity index (χ1v) is 9.88. The standard InChI is InChI=1S/C22H27N5O/c1-25(17-18-7-3-2-4-8-18)11-12-26-13-15-27(16-14-26)22-23-20-10-6-5-9-19(20)21(28)24-22/h2-10H,11-17H2,1H3,(H,23,24,28). The largest absolute Gasteiger partial charge is 0.340 e. The smallest absolute Gasteiger partial charge is 0.260 e. The molecular formula is C22H27N5O. The lowest BCUT2D eigenvalue weighted by atomic mass is 10.2. The highest BCUT2D eigenvalue weighted by Gasteiger charge is 2.19. The maximum Gasteiger partial charge on any atom is 0.260 e. The molecule has 0 bridgehead atoms. The van der Waals surface area contributed by atoms with Crippen molar-refractivity contribution in [2.45, 2.75) is 6.54 Å². The predicted octanol–water partition coefficient (Wildman–Crippen LogP) is 2.18. The van der Waals surface area contributed by atoms with Crippen LogP contribution in [0.1, 0.15) is 5.56 Å². The molecule has 2 heterocycles. The maximum atomic E-state index is 12.3. The van der Waals surface area contributed by atoms with Gasteiger partial charge in [0.2, 0.25) is 5.95 Å². The Kier molecular flexibility index (Phi) is 5.69. The number of nitrogens with zero attached hydrogens (tertiary/aromatic N) is 4. The zero-order chi connectivity index (χ0) is 19.3. The molecule has 1 fully saturated rings. The molecule has 3 aromatic rings. The van der Waals surface area contributed by atoms with E-state index in [4.69, 9.17) is 0 Å². The van der Waals surface area contributed by atoms with Crippen molar-refractivity contribution in [3.63, 3.8) is 0 Å². The number of anilines is 1. The van der Waals surface area contributed by atoms with Crippen LogP contribution in [0.15, 0.2) is 59.4 Å². The van der Waals surface area contributed by atoms with Gasteiger partial charge >= 0.3 is 0 Å². The summed E-state index contributed by atoms with van der Waals surface area (Å²) >= 11 is 0. The van der Waals surface area contributed by atoms with E-state index >= 15 is 0 Å². The summed E-state index contributed by atoms with van der Waals surface area (Å²) in [5.41, 5.74) is 2.04. The van der Waals surface area contributed by atoms with Crippen molar-refractivity contribution in [1.82, 2.24) is 19.8 Å². The van der Waals surface area contributed by atoms with Gasteiger partial charge in [-0.05, 0) is 24.7 Å². The SMILES string of the molecule is CN(CCN1CCN(c2nc3ccccc3c(=O)[nH]2)CC1)Cc1ccccc1. The lowest BCUT2D eigenvalue weighted by Gasteiger charge is -2.35. The van der Waals surface area contributed by atoms with Gasteiger partial charge < -0.3 is 9.80 Å². The van der Waals surface area contributed by atoms with Gasteiger partial charge in [-0.3, -0.25) is 14.7 Å². The minimum absolute atomic E-state index is 0.0643. The maximum absolute atomic E-state index is 12.3. The van der Waals surface area contributed by atoms with E-state index in [9.17, 15) is 4.79 Å². The third kappa shape index (κ3) is 4.40. The molecule has 0 unspecified atom stereocenters. The Morgan fingerprint density at radius 3 is 2.50 bits per heavy atom. The van der Waals surface area contributed by atoms with E-state index in [-0.39, 0.29) is 5.56 Å². The summed E-state index contributed by atoms with van der Waals surface area (Å²) in [6.45, 7) is 6.79. The highest BCUT2D eigenvalue weighted by atomic mass is 16.1. The summed E-state index contributed by atoms with van der Waals surface area (Å²) in [6.07, 6.45) is 0. The molecular weight excluding hydrogens is 350 g/mol. The van der Waals surface area contributed by atoms with Crippen molar-refractivity contribution < 1.29 is 0 Å². The number of benzene rings is 2. The Morgan fingerprint density at radius 2 is 1.71 bits per heavy atom. The molecule has 0 amide bonds. The molecule has 2 aromatic carbocycles. The number of piperazine rings is 1. The van der Waals surface area contributed by atoms with Crippen molar-refractivity contribution in [2.24, 2.45) is 0 Å². The summed E-state index contributed by atoms with van der Waals surface area (Å²) in [5, 5.41) is 0.645. The molecule has 0 saturated carbocycles. The minimum atomic E-state index is -0.0643. The number of likely N-dealkylation sites (N-methyl/N-ethyl adjacent to an activating group) is 1. The lowest BCUT2D eigenvalue weighted by molar-refractivity contribution is 0.212. The zero-order valence-electron chi connectivity index (χ0n) is 16.3. The number of aromatic amines is 1. The first-order chi connectivity index (χ1) is 13.7. The van der Waals surface area contributed by atoms with Gasteiger partial charge in [-0.25, -0.2) is 4.98 Å². The van der Waals surface area contributed by atoms with Crippen molar-refractivity contribution in [2.75, 3.05) is 51.2 Å². The second-order valence-corrected chi connectivity index (χ2v) is 7.46. The molecule has 1 N–H and O–H groups in total. The van der Waals surface area contributed by atoms with Crippen LogP contribution in [0.4, 0.5) is 5.95 Å². The second kappa shape index (κ2) is 8.54. The van der Waals surface area contributed by atoms with E-state index in [1.165, 1.54) is 5.56 Å². The summed E-state index contributed by atoms with van der Waals surface area (Å²) in [7, 11) is 2.17. The van der Waals surface area contributed by atoms with Crippen LogP contribution in [0.3, 0.4) is 0 Å². The van der Waals surface area contributed by atoms with Crippen LogP contribution < -0.4 is 10.5 Å². The van der Waals surface area contributed by atoms with Crippen LogP contribution in [-0.2, 0) is 6.54 Å². The van der Waals surface area contributed by atoms with Gasteiger partial charge in [-0.2, -0.15) is 0 Å². The number of aromatic nitrogens is 2. The normalized spacial score (nSPS) is 15.4. The fourth-order valence-corrected chi connectivity index (χ4v) is 3.69. The number of hydrogen-bond acceptors (Lipinski definition) is 5. The van der Waals surface area contributed by atoms with E-state index in [0.717, 1.165) is 51.3 Å². The third-order valence-electron chi connectivity index (χ3n) is 5.37. The van der Waals surface area contributed by atoms with Crippen LogP contribution in [-0.4, -0.2) is 66.1 Å². The van der Waals surface area contributed by atoms with E-state index in [2.05, 4.69) is 62.0 Å². The molecule has 0 radical (unpaired) electrons. The molecule has 146 valence electrons.